The van der Waals surface area contributed by atoms with Crippen molar-refractivity contribution in [2.45, 2.75) is 70.8 Å². The predicted molar refractivity (Wildman–Crippen MR) is 170 cm³/mol. The number of carbonyl (C=O) groups is 2. The van der Waals surface area contributed by atoms with E-state index in [1.54, 1.807) is 13.2 Å². The fraction of sp³-hybridized carbons (Fsp3) is 0.459. The van der Waals surface area contributed by atoms with Gasteiger partial charge in [-0.1, -0.05) is 43.3 Å². The number of fused-ring (bicyclic) bond motifs is 3. The van der Waals surface area contributed by atoms with Gasteiger partial charge in [-0.05, 0) is 109 Å². The SMILES string of the molecule is CCN(CC1CC1)[C@@H]1Cc2ccc(C(=O)NCCc3ccc(-c4ccc(OC)c(C)c4)cc3)c(O)c2C2CC(=O)CC[C@H]21. The van der Waals surface area contributed by atoms with Gasteiger partial charge in [-0.2, -0.15) is 0 Å². The average molecular weight is 581 g/mol. The van der Waals surface area contributed by atoms with Crippen molar-refractivity contribution >= 4 is 11.7 Å². The largest absolute Gasteiger partial charge is 0.507 e. The highest BCUT2D eigenvalue weighted by Gasteiger charge is 2.44. The number of ether oxygens (including phenoxy) is 1. The standard InChI is InChI=1S/C37H44N2O4/c1-4-39(22-25-5-6-25)33-20-28-11-14-31(36(41)35(28)32-21-29(40)13-15-30(32)33)37(42)38-18-17-24-7-9-26(10-8-24)27-12-16-34(43-3)23(2)19-27/h7-12,14,16,19,25,30,32-33,41H,4-6,13,15,17-18,20-22H2,1-3H3,(H,38,42)/t30-,32?,33-/m1/s1. The zero-order chi connectivity index (χ0) is 30.1. The van der Waals surface area contributed by atoms with Gasteiger partial charge in [0.05, 0.1) is 12.7 Å². The van der Waals surface area contributed by atoms with Gasteiger partial charge < -0.3 is 15.2 Å². The number of Topliss-reactive ketones (excluding diaryl/α,β-unsaturated/α-hetero) is 1. The summed E-state index contributed by atoms with van der Waals surface area (Å²) in [7, 11) is 1.68. The van der Waals surface area contributed by atoms with Crippen molar-refractivity contribution in [3.8, 4) is 22.6 Å². The molecule has 3 aliphatic rings. The number of likely N-dealkylation sites (N-methyl/N-ethyl adjacent to an activating group) is 1. The Bertz CT molecular complexity index is 1490. The fourth-order valence-corrected chi connectivity index (χ4v) is 7.47. The van der Waals surface area contributed by atoms with Gasteiger partial charge in [0.15, 0.2) is 0 Å². The molecule has 0 saturated heterocycles. The molecule has 6 rings (SSSR count). The number of phenolic OH excluding ortho intramolecular Hbond substituents is 1. The number of rotatable bonds is 10. The van der Waals surface area contributed by atoms with Gasteiger partial charge in [0.1, 0.15) is 17.3 Å². The summed E-state index contributed by atoms with van der Waals surface area (Å²) < 4.78 is 5.38. The number of phenols is 1. The lowest BCUT2D eigenvalue weighted by atomic mass is 9.64. The number of benzene rings is 3. The molecule has 3 atom stereocenters. The van der Waals surface area contributed by atoms with E-state index in [2.05, 4.69) is 53.5 Å². The van der Waals surface area contributed by atoms with E-state index in [1.165, 1.54) is 12.8 Å². The molecule has 43 heavy (non-hydrogen) atoms. The van der Waals surface area contributed by atoms with E-state index in [9.17, 15) is 14.7 Å². The van der Waals surface area contributed by atoms with Crippen molar-refractivity contribution in [2.75, 3.05) is 26.7 Å². The first-order valence-electron chi connectivity index (χ1n) is 16.0. The second-order valence-electron chi connectivity index (χ2n) is 12.8. The summed E-state index contributed by atoms with van der Waals surface area (Å²) in [6.07, 6.45) is 6.14. The summed E-state index contributed by atoms with van der Waals surface area (Å²) in [5.41, 5.74) is 6.74. The van der Waals surface area contributed by atoms with Crippen molar-refractivity contribution in [3.05, 3.63) is 82.4 Å². The van der Waals surface area contributed by atoms with Gasteiger partial charge in [-0.15, -0.1) is 0 Å². The minimum Gasteiger partial charge on any atom is -0.507 e. The van der Waals surface area contributed by atoms with E-state index in [0.29, 0.717) is 43.3 Å². The Hall–Kier alpha value is -3.64. The van der Waals surface area contributed by atoms with Gasteiger partial charge in [0.2, 0.25) is 0 Å². The minimum absolute atomic E-state index is 0.0241. The number of hydrogen-bond donors (Lipinski definition) is 2. The van der Waals surface area contributed by atoms with Crippen LogP contribution in [0.2, 0.25) is 0 Å². The van der Waals surface area contributed by atoms with Crippen LogP contribution in [0.3, 0.4) is 0 Å². The highest BCUT2D eigenvalue weighted by atomic mass is 16.5. The molecule has 0 bridgehead atoms. The lowest BCUT2D eigenvalue weighted by molar-refractivity contribution is -0.122. The van der Waals surface area contributed by atoms with Crippen LogP contribution < -0.4 is 10.1 Å². The molecule has 226 valence electrons. The van der Waals surface area contributed by atoms with Crippen LogP contribution in [0.5, 0.6) is 11.5 Å². The van der Waals surface area contributed by atoms with Crippen molar-refractivity contribution in [2.24, 2.45) is 11.8 Å². The van der Waals surface area contributed by atoms with Gasteiger partial charge in [0.25, 0.3) is 5.91 Å². The molecular formula is C37H44N2O4. The Labute approximate surface area is 255 Å². The molecular weight excluding hydrogens is 536 g/mol. The molecule has 2 N–H and O–H groups in total. The number of hydrogen-bond acceptors (Lipinski definition) is 5. The third-order valence-corrected chi connectivity index (χ3v) is 10.0. The van der Waals surface area contributed by atoms with E-state index in [4.69, 9.17) is 4.74 Å². The van der Waals surface area contributed by atoms with E-state index in [0.717, 1.165) is 71.0 Å². The number of aromatic hydroxyl groups is 1. The lowest BCUT2D eigenvalue weighted by Gasteiger charge is -2.47. The quantitative estimate of drug-likeness (QED) is 0.288. The van der Waals surface area contributed by atoms with E-state index in [-0.39, 0.29) is 23.4 Å². The summed E-state index contributed by atoms with van der Waals surface area (Å²) in [5, 5.41) is 14.5. The minimum atomic E-state index is -0.268. The fourth-order valence-electron chi connectivity index (χ4n) is 7.47. The summed E-state index contributed by atoms with van der Waals surface area (Å²) in [5.74, 6) is 2.06. The zero-order valence-corrected chi connectivity index (χ0v) is 25.7. The van der Waals surface area contributed by atoms with Crippen LogP contribution in [-0.2, 0) is 17.6 Å². The van der Waals surface area contributed by atoms with Crippen LogP contribution in [0, 0.1) is 18.8 Å². The number of nitrogens with one attached hydrogen (secondary N) is 1. The van der Waals surface area contributed by atoms with Gasteiger partial charge in [-0.3, -0.25) is 14.5 Å². The molecule has 3 aromatic carbocycles. The third-order valence-electron chi connectivity index (χ3n) is 10.0. The maximum absolute atomic E-state index is 13.3. The molecule has 0 heterocycles. The molecule has 2 fully saturated rings. The molecule has 3 aliphatic carbocycles. The predicted octanol–water partition coefficient (Wildman–Crippen LogP) is 6.46. The topological polar surface area (TPSA) is 78.9 Å². The molecule has 3 aromatic rings. The summed E-state index contributed by atoms with van der Waals surface area (Å²) in [6.45, 7) is 6.88. The average Bonchev–Trinajstić information content (AvgIpc) is 3.84. The molecule has 0 spiro atoms. The first-order valence-corrected chi connectivity index (χ1v) is 16.0. The van der Waals surface area contributed by atoms with Crippen LogP contribution in [0.4, 0.5) is 0 Å². The summed E-state index contributed by atoms with van der Waals surface area (Å²) in [4.78, 5) is 28.5. The van der Waals surface area contributed by atoms with E-state index in [1.807, 2.05) is 19.1 Å². The number of amides is 1. The van der Waals surface area contributed by atoms with Crippen LogP contribution in [0.25, 0.3) is 11.1 Å². The Balaban J connectivity index is 1.13. The lowest BCUT2D eigenvalue weighted by Crippen LogP contribution is -2.49. The van der Waals surface area contributed by atoms with Crippen molar-refractivity contribution < 1.29 is 19.4 Å². The Kier molecular flexibility index (Phi) is 8.58. The normalized spacial score (nSPS) is 21.3. The van der Waals surface area contributed by atoms with Gasteiger partial charge >= 0.3 is 0 Å². The summed E-state index contributed by atoms with van der Waals surface area (Å²) in [6, 6.07) is 18.8. The second kappa shape index (κ2) is 12.5. The third kappa shape index (κ3) is 6.21. The first-order chi connectivity index (χ1) is 20.9. The Morgan fingerprint density at radius 3 is 2.49 bits per heavy atom. The molecule has 0 aliphatic heterocycles. The number of carbonyl (C=O) groups excluding carboxylic acids is 2. The highest BCUT2D eigenvalue weighted by Crippen LogP contribution is 2.50. The summed E-state index contributed by atoms with van der Waals surface area (Å²) >= 11 is 0. The second-order valence-corrected chi connectivity index (χ2v) is 12.8. The van der Waals surface area contributed by atoms with Gasteiger partial charge in [0, 0.05) is 37.5 Å². The van der Waals surface area contributed by atoms with Crippen LogP contribution >= 0.6 is 0 Å². The first kappa shape index (κ1) is 29.4. The van der Waals surface area contributed by atoms with E-state index < -0.39 is 0 Å². The molecule has 6 heteroatoms. The molecule has 2 saturated carbocycles. The van der Waals surface area contributed by atoms with Gasteiger partial charge in [-0.25, -0.2) is 0 Å². The molecule has 6 nitrogen and oxygen atoms in total. The van der Waals surface area contributed by atoms with Crippen LogP contribution in [0.15, 0.2) is 54.6 Å². The maximum Gasteiger partial charge on any atom is 0.255 e. The molecule has 0 radical (unpaired) electrons. The molecule has 0 aromatic heterocycles. The van der Waals surface area contributed by atoms with E-state index >= 15 is 0 Å². The Morgan fingerprint density at radius 2 is 1.79 bits per heavy atom. The van der Waals surface area contributed by atoms with Crippen molar-refractivity contribution in [3.63, 3.8) is 0 Å². The van der Waals surface area contributed by atoms with Crippen molar-refractivity contribution in [1.82, 2.24) is 10.2 Å². The molecule has 1 amide bonds. The number of ketones is 1. The number of aryl methyl sites for hydroxylation is 1. The number of nitrogens with zero attached hydrogens (tertiary/aromatic N) is 1. The van der Waals surface area contributed by atoms with Crippen LogP contribution in [0.1, 0.15) is 77.6 Å². The van der Waals surface area contributed by atoms with Crippen molar-refractivity contribution in [1.29, 1.82) is 0 Å². The zero-order valence-electron chi connectivity index (χ0n) is 25.7. The number of methoxy groups -OCH3 is 1. The highest BCUT2D eigenvalue weighted by molar-refractivity contribution is 5.97. The Morgan fingerprint density at radius 1 is 1.02 bits per heavy atom. The smallest absolute Gasteiger partial charge is 0.255 e. The monoisotopic (exact) mass is 580 g/mol. The van der Waals surface area contributed by atoms with Crippen LogP contribution in [-0.4, -0.2) is 54.5 Å². The maximum atomic E-state index is 13.3. The molecule has 1 unspecified atom stereocenters.